The van der Waals surface area contributed by atoms with E-state index in [0.29, 0.717) is 29.8 Å². The summed E-state index contributed by atoms with van der Waals surface area (Å²) in [6, 6.07) is 12.1. The number of urea groups is 1. The Morgan fingerprint density at radius 3 is 2.70 bits per heavy atom. The van der Waals surface area contributed by atoms with Gasteiger partial charge in [-0.15, -0.1) is 0 Å². The first-order valence-corrected chi connectivity index (χ1v) is 9.89. The van der Waals surface area contributed by atoms with Crippen molar-refractivity contribution in [3.63, 3.8) is 0 Å². The Labute approximate surface area is 174 Å². The van der Waals surface area contributed by atoms with Gasteiger partial charge in [0, 0.05) is 48.9 Å². The molecule has 7 nitrogen and oxygen atoms in total. The molecule has 0 unspecified atom stereocenters. The van der Waals surface area contributed by atoms with Crippen LogP contribution < -0.4 is 16.0 Å². The highest BCUT2D eigenvalue weighted by Gasteiger charge is 2.22. The van der Waals surface area contributed by atoms with Crippen LogP contribution >= 0.6 is 0 Å². The number of rotatable bonds is 7. The van der Waals surface area contributed by atoms with Crippen LogP contribution in [0.2, 0.25) is 0 Å². The number of amides is 4. The van der Waals surface area contributed by atoms with E-state index in [-0.39, 0.29) is 30.2 Å². The number of halogens is 1. The van der Waals surface area contributed by atoms with Crippen molar-refractivity contribution < 1.29 is 18.8 Å². The lowest BCUT2D eigenvalue weighted by Crippen LogP contribution is -2.44. The molecular formula is C22H25FN4O3. The van der Waals surface area contributed by atoms with Crippen molar-refractivity contribution in [2.45, 2.75) is 32.4 Å². The van der Waals surface area contributed by atoms with Gasteiger partial charge in [-0.25, -0.2) is 9.18 Å². The van der Waals surface area contributed by atoms with Crippen LogP contribution in [0.3, 0.4) is 0 Å². The Morgan fingerprint density at radius 2 is 1.97 bits per heavy atom. The summed E-state index contributed by atoms with van der Waals surface area (Å²) in [4.78, 5) is 38.0. The van der Waals surface area contributed by atoms with Gasteiger partial charge < -0.3 is 20.9 Å². The number of benzene rings is 2. The van der Waals surface area contributed by atoms with E-state index in [1.54, 1.807) is 47.4 Å². The monoisotopic (exact) mass is 412 g/mol. The third kappa shape index (κ3) is 5.79. The lowest BCUT2D eigenvalue weighted by atomic mass is 10.1. The Bertz CT molecular complexity index is 934. The van der Waals surface area contributed by atoms with Crippen LogP contribution in [0.4, 0.5) is 14.9 Å². The van der Waals surface area contributed by atoms with E-state index < -0.39 is 6.03 Å². The number of carbonyl (C=O) groups is 3. The average molecular weight is 412 g/mol. The fourth-order valence-corrected chi connectivity index (χ4v) is 3.32. The van der Waals surface area contributed by atoms with Gasteiger partial charge in [0.05, 0.1) is 0 Å². The van der Waals surface area contributed by atoms with Crippen molar-refractivity contribution in [3.8, 4) is 0 Å². The van der Waals surface area contributed by atoms with Gasteiger partial charge in [-0.3, -0.25) is 9.59 Å². The molecule has 0 bridgehead atoms. The van der Waals surface area contributed by atoms with Gasteiger partial charge >= 0.3 is 6.03 Å². The molecule has 1 aliphatic heterocycles. The smallest absolute Gasteiger partial charge is 0.319 e. The van der Waals surface area contributed by atoms with Crippen LogP contribution in [0.15, 0.2) is 48.5 Å². The third-order valence-electron chi connectivity index (χ3n) is 4.82. The Hall–Kier alpha value is -3.42. The van der Waals surface area contributed by atoms with Crippen molar-refractivity contribution in [2.24, 2.45) is 0 Å². The predicted molar refractivity (Wildman–Crippen MR) is 111 cm³/mol. The first-order valence-electron chi connectivity index (χ1n) is 9.89. The summed E-state index contributed by atoms with van der Waals surface area (Å²) in [6.07, 6.45) is 1.41. The fraction of sp³-hybridized carbons (Fsp3) is 0.318. The molecule has 1 heterocycles. The number of nitrogens with one attached hydrogen (secondary N) is 3. The molecule has 1 fully saturated rings. The summed E-state index contributed by atoms with van der Waals surface area (Å²) in [5.74, 6) is -0.643. The molecule has 1 saturated heterocycles. The number of hydrogen-bond acceptors (Lipinski definition) is 3. The van der Waals surface area contributed by atoms with Gasteiger partial charge in [0.1, 0.15) is 5.82 Å². The molecule has 1 aliphatic rings. The minimum Gasteiger partial charge on any atom is -0.348 e. The SMILES string of the molecule is C[C@@H](CN1CCCC1=O)NC(=O)Nc1cccc(C(=O)NCc2ccccc2F)c1. The highest BCUT2D eigenvalue weighted by Crippen LogP contribution is 2.13. The average Bonchev–Trinajstić information content (AvgIpc) is 3.11. The zero-order chi connectivity index (χ0) is 21.5. The molecule has 2 aromatic carbocycles. The third-order valence-corrected chi connectivity index (χ3v) is 4.82. The standard InChI is InChI=1S/C22H25FN4O3/c1-15(14-27-11-5-10-20(27)28)25-22(30)26-18-8-4-7-16(12-18)21(29)24-13-17-6-2-3-9-19(17)23/h2-4,6-9,12,15H,5,10-11,13-14H2,1H3,(H,24,29)(H2,25,26,30)/t15-/m0/s1. The summed E-state index contributed by atoms with van der Waals surface area (Å²) in [7, 11) is 0. The Morgan fingerprint density at radius 1 is 1.17 bits per heavy atom. The van der Waals surface area contributed by atoms with Gasteiger partial charge in [0.2, 0.25) is 5.91 Å². The molecule has 30 heavy (non-hydrogen) atoms. The van der Waals surface area contributed by atoms with Gasteiger partial charge in [-0.05, 0) is 37.6 Å². The van der Waals surface area contributed by atoms with E-state index in [9.17, 15) is 18.8 Å². The zero-order valence-corrected chi connectivity index (χ0v) is 16.8. The molecule has 3 rings (SSSR count). The first-order chi connectivity index (χ1) is 14.4. The lowest BCUT2D eigenvalue weighted by Gasteiger charge is -2.21. The van der Waals surface area contributed by atoms with Crippen LogP contribution in [0.5, 0.6) is 0 Å². The summed E-state index contributed by atoms with van der Waals surface area (Å²) >= 11 is 0. The summed E-state index contributed by atoms with van der Waals surface area (Å²) < 4.78 is 13.7. The molecule has 3 N–H and O–H groups in total. The number of hydrogen-bond donors (Lipinski definition) is 3. The second-order valence-electron chi connectivity index (χ2n) is 7.30. The van der Waals surface area contributed by atoms with Gasteiger partial charge in [0.15, 0.2) is 0 Å². The molecule has 2 aromatic rings. The number of carbonyl (C=O) groups excluding carboxylic acids is 3. The van der Waals surface area contributed by atoms with Crippen molar-refractivity contribution >= 4 is 23.5 Å². The van der Waals surface area contributed by atoms with Crippen LogP contribution in [0.25, 0.3) is 0 Å². The van der Waals surface area contributed by atoms with Crippen LogP contribution in [-0.4, -0.2) is 41.9 Å². The molecule has 0 spiro atoms. The van der Waals surface area contributed by atoms with E-state index in [4.69, 9.17) is 0 Å². The minimum atomic E-state index is -0.418. The quantitative estimate of drug-likeness (QED) is 0.653. The topological polar surface area (TPSA) is 90.5 Å². The normalized spacial score (nSPS) is 14.3. The minimum absolute atomic E-state index is 0.0659. The molecule has 0 saturated carbocycles. The van der Waals surface area contributed by atoms with E-state index in [1.807, 2.05) is 6.92 Å². The molecule has 1 atom stereocenters. The molecule has 0 radical (unpaired) electrons. The molecule has 8 heteroatoms. The maximum absolute atomic E-state index is 13.7. The lowest BCUT2D eigenvalue weighted by molar-refractivity contribution is -0.127. The van der Waals surface area contributed by atoms with Crippen LogP contribution in [0.1, 0.15) is 35.7 Å². The van der Waals surface area contributed by atoms with Gasteiger partial charge in [0.25, 0.3) is 5.91 Å². The van der Waals surface area contributed by atoms with Crippen molar-refractivity contribution in [1.29, 1.82) is 0 Å². The predicted octanol–water partition coefficient (Wildman–Crippen LogP) is 2.89. The largest absolute Gasteiger partial charge is 0.348 e. The number of nitrogens with zero attached hydrogens (tertiary/aromatic N) is 1. The van der Waals surface area contributed by atoms with Gasteiger partial charge in [-0.2, -0.15) is 0 Å². The highest BCUT2D eigenvalue weighted by atomic mass is 19.1. The molecule has 4 amide bonds. The van der Waals surface area contributed by atoms with Gasteiger partial charge in [-0.1, -0.05) is 24.3 Å². The van der Waals surface area contributed by atoms with Crippen LogP contribution in [0, 0.1) is 5.82 Å². The molecular weight excluding hydrogens is 387 g/mol. The second-order valence-corrected chi connectivity index (χ2v) is 7.30. The summed E-state index contributed by atoms with van der Waals surface area (Å²) in [5, 5.41) is 8.15. The Kier molecular flexibility index (Phi) is 7.00. The van der Waals surface area contributed by atoms with E-state index in [2.05, 4.69) is 16.0 Å². The zero-order valence-electron chi connectivity index (χ0n) is 16.8. The first kappa shape index (κ1) is 21.3. The maximum atomic E-state index is 13.7. The van der Waals surface area contributed by atoms with Crippen molar-refractivity contribution in [3.05, 3.63) is 65.5 Å². The molecule has 0 aliphatic carbocycles. The Balaban J connectivity index is 1.51. The van der Waals surface area contributed by atoms with E-state index in [0.717, 1.165) is 13.0 Å². The summed E-state index contributed by atoms with van der Waals surface area (Å²) in [5.41, 5.74) is 1.19. The highest BCUT2D eigenvalue weighted by molar-refractivity contribution is 5.96. The second kappa shape index (κ2) is 9.87. The van der Waals surface area contributed by atoms with Crippen LogP contribution in [-0.2, 0) is 11.3 Å². The number of anilines is 1. The maximum Gasteiger partial charge on any atom is 0.319 e. The molecule has 0 aromatic heterocycles. The number of likely N-dealkylation sites (tertiary alicyclic amines) is 1. The van der Waals surface area contributed by atoms with E-state index in [1.165, 1.54) is 6.07 Å². The van der Waals surface area contributed by atoms with E-state index >= 15 is 0 Å². The van der Waals surface area contributed by atoms with Crippen molar-refractivity contribution in [1.82, 2.24) is 15.5 Å². The summed E-state index contributed by atoms with van der Waals surface area (Å²) in [6.45, 7) is 3.08. The fourth-order valence-electron chi connectivity index (χ4n) is 3.32. The van der Waals surface area contributed by atoms with Crippen molar-refractivity contribution in [2.75, 3.05) is 18.4 Å². The molecule has 158 valence electrons.